The summed E-state index contributed by atoms with van der Waals surface area (Å²) in [7, 11) is 0. The number of halogens is 3. The first-order chi connectivity index (χ1) is 13.9. The Balaban J connectivity index is 1.68. The van der Waals surface area contributed by atoms with E-state index in [0.29, 0.717) is 26.2 Å². The molecule has 10 heteroatoms. The van der Waals surface area contributed by atoms with E-state index in [9.17, 15) is 22.8 Å². The van der Waals surface area contributed by atoms with Crippen LogP contribution in [0.15, 0.2) is 24.3 Å². The first-order valence-electron chi connectivity index (χ1n) is 9.82. The molecule has 0 aliphatic carbocycles. The average molecular weight is 430 g/mol. The standard InChI is InChI=1S/C20H29F3N4O3/c1-19(2,3)30-18(29)27-11-9-26(10-12-27)8-7-24-14-15-5-4-6-16(13-15)25-17(28)20(21,22)23/h4-6,13,24H,7-12,14H2,1-3H3,(H,25,28). The second kappa shape index (κ2) is 10.1. The molecule has 0 unspecified atom stereocenters. The number of benzene rings is 1. The third kappa shape index (κ3) is 8.19. The van der Waals surface area contributed by atoms with Crippen molar-refractivity contribution in [2.24, 2.45) is 0 Å². The Morgan fingerprint density at radius 2 is 1.77 bits per heavy atom. The highest BCUT2D eigenvalue weighted by atomic mass is 19.4. The van der Waals surface area contributed by atoms with Crippen LogP contribution in [0.2, 0.25) is 0 Å². The summed E-state index contributed by atoms with van der Waals surface area (Å²) in [6, 6.07) is 6.29. The molecule has 168 valence electrons. The molecule has 2 amide bonds. The van der Waals surface area contributed by atoms with Gasteiger partial charge < -0.3 is 20.3 Å². The van der Waals surface area contributed by atoms with Gasteiger partial charge in [0.1, 0.15) is 5.60 Å². The molecule has 0 atom stereocenters. The van der Waals surface area contributed by atoms with E-state index < -0.39 is 17.7 Å². The number of alkyl halides is 3. The number of carbonyl (C=O) groups excluding carboxylic acids is 2. The molecule has 1 aromatic carbocycles. The maximum absolute atomic E-state index is 12.3. The smallest absolute Gasteiger partial charge is 0.444 e. The molecule has 7 nitrogen and oxygen atoms in total. The minimum Gasteiger partial charge on any atom is -0.444 e. The van der Waals surface area contributed by atoms with Crippen LogP contribution in [0.5, 0.6) is 0 Å². The summed E-state index contributed by atoms with van der Waals surface area (Å²) in [5, 5.41) is 5.09. The lowest BCUT2D eigenvalue weighted by molar-refractivity contribution is -0.167. The molecule has 1 aliphatic heterocycles. The lowest BCUT2D eigenvalue weighted by Gasteiger charge is -2.35. The molecule has 2 N–H and O–H groups in total. The van der Waals surface area contributed by atoms with Gasteiger partial charge in [0.15, 0.2) is 0 Å². The zero-order chi connectivity index (χ0) is 22.4. The Hall–Kier alpha value is -2.33. The van der Waals surface area contributed by atoms with Crippen molar-refractivity contribution in [1.29, 1.82) is 0 Å². The predicted molar refractivity (Wildman–Crippen MR) is 107 cm³/mol. The number of nitrogens with zero attached hydrogens (tertiary/aromatic N) is 2. The normalized spacial score (nSPS) is 15.7. The Labute approximate surface area is 174 Å². The molecule has 1 aliphatic rings. The first-order valence-corrected chi connectivity index (χ1v) is 9.82. The van der Waals surface area contributed by atoms with Crippen molar-refractivity contribution in [3.05, 3.63) is 29.8 Å². The number of hydrogen-bond acceptors (Lipinski definition) is 5. The first kappa shape index (κ1) is 23.9. The fourth-order valence-electron chi connectivity index (χ4n) is 2.91. The van der Waals surface area contributed by atoms with Crippen LogP contribution in [0.4, 0.5) is 23.7 Å². The summed E-state index contributed by atoms with van der Waals surface area (Å²) in [6.45, 7) is 10.2. The van der Waals surface area contributed by atoms with E-state index in [4.69, 9.17) is 4.74 Å². The Kier molecular flexibility index (Phi) is 8.08. The van der Waals surface area contributed by atoms with Crippen molar-refractivity contribution in [1.82, 2.24) is 15.1 Å². The molecule has 1 aromatic rings. The topological polar surface area (TPSA) is 73.9 Å². The van der Waals surface area contributed by atoms with Crippen LogP contribution in [0.3, 0.4) is 0 Å². The van der Waals surface area contributed by atoms with Crippen LogP contribution in [0, 0.1) is 0 Å². The molecule has 0 saturated carbocycles. The van der Waals surface area contributed by atoms with E-state index >= 15 is 0 Å². The number of nitrogens with one attached hydrogen (secondary N) is 2. The molecule has 1 saturated heterocycles. The Morgan fingerprint density at radius 1 is 1.10 bits per heavy atom. The minimum absolute atomic E-state index is 0.106. The average Bonchev–Trinajstić information content (AvgIpc) is 2.64. The van der Waals surface area contributed by atoms with Gasteiger partial charge in [-0.1, -0.05) is 12.1 Å². The lowest BCUT2D eigenvalue weighted by atomic mass is 10.2. The van der Waals surface area contributed by atoms with E-state index in [1.165, 1.54) is 12.1 Å². The van der Waals surface area contributed by atoms with Crippen LogP contribution in [0.25, 0.3) is 0 Å². The number of anilines is 1. The highest BCUT2D eigenvalue weighted by Gasteiger charge is 2.38. The second-order valence-electron chi connectivity index (χ2n) is 8.14. The van der Waals surface area contributed by atoms with Crippen molar-refractivity contribution < 1.29 is 27.5 Å². The number of carbonyl (C=O) groups is 2. The monoisotopic (exact) mass is 430 g/mol. The molecule has 0 bridgehead atoms. The lowest BCUT2D eigenvalue weighted by Crippen LogP contribution is -2.51. The number of piperazine rings is 1. The van der Waals surface area contributed by atoms with Crippen molar-refractivity contribution in [2.45, 2.75) is 39.1 Å². The molecule has 30 heavy (non-hydrogen) atoms. The quantitative estimate of drug-likeness (QED) is 0.679. The number of hydrogen-bond donors (Lipinski definition) is 2. The highest BCUT2D eigenvalue weighted by molar-refractivity contribution is 5.94. The van der Waals surface area contributed by atoms with Gasteiger partial charge in [0.25, 0.3) is 0 Å². The van der Waals surface area contributed by atoms with Gasteiger partial charge in [-0.05, 0) is 38.5 Å². The van der Waals surface area contributed by atoms with Crippen LogP contribution >= 0.6 is 0 Å². The fraction of sp³-hybridized carbons (Fsp3) is 0.600. The number of rotatable bonds is 6. The largest absolute Gasteiger partial charge is 0.471 e. The summed E-state index contributed by atoms with van der Waals surface area (Å²) in [5.41, 5.74) is 0.366. The molecule has 1 fully saturated rings. The molecule has 2 rings (SSSR count). The summed E-state index contributed by atoms with van der Waals surface area (Å²) in [5.74, 6) is -1.99. The summed E-state index contributed by atoms with van der Waals surface area (Å²) in [6.07, 6.45) is -5.21. The third-order valence-electron chi connectivity index (χ3n) is 4.40. The maximum Gasteiger partial charge on any atom is 0.471 e. The fourth-order valence-corrected chi connectivity index (χ4v) is 2.91. The van der Waals surface area contributed by atoms with Crippen LogP contribution in [0.1, 0.15) is 26.3 Å². The predicted octanol–water partition coefficient (Wildman–Crippen LogP) is 2.83. The summed E-state index contributed by atoms with van der Waals surface area (Å²) < 4.78 is 42.4. The SMILES string of the molecule is CC(C)(C)OC(=O)N1CCN(CCNCc2cccc(NC(=O)C(F)(F)F)c2)CC1. The summed E-state index contributed by atoms with van der Waals surface area (Å²) >= 11 is 0. The Bertz CT molecular complexity index is 727. The molecule has 0 radical (unpaired) electrons. The van der Waals surface area contributed by atoms with E-state index in [-0.39, 0.29) is 11.8 Å². The Morgan fingerprint density at radius 3 is 2.37 bits per heavy atom. The minimum atomic E-state index is -4.91. The van der Waals surface area contributed by atoms with Crippen molar-refractivity contribution >= 4 is 17.7 Å². The zero-order valence-corrected chi connectivity index (χ0v) is 17.5. The van der Waals surface area contributed by atoms with Crippen molar-refractivity contribution in [3.8, 4) is 0 Å². The van der Waals surface area contributed by atoms with Gasteiger partial charge in [-0.3, -0.25) is 9.69 Å². The van der Waals surface area contributed by atoms with Gasteiger partial charge in [-0.25, -0.2) is 4.79 Å². The van der Waals surface area contributed by atoms with Gasteiger partial charge in [0, 0.05) is 51.5 Å². The van der Waals surface area contributed by atoms with Gasteiger partial charge in [0.2, 0.25) is 0 Å². The van der Waals surface area contributed by atoms with Gasteiger partial charge in [-0.15, -0.1) is 0 Å². The van der Waals surface area contributed by atoms with Crippen LogP contribution < -0.4 is 10.6 Å². The van der Waals surface area contributed by atoms with Gasteiger partial charge >= 0.3 is 18.2 Å². The van der Waals surface area contributed by atoms with Crippen LogP contribution in [-0.4, -0.2) is 72.8 Å². The van der Waals surface area contributed by atoms with Gasteiger partial charge in [0.05, 0.1) is 0 Å². The van der Waals surface area contributed by atoms with E-state index in [1.807, 2.05) is 26.1 Å². The van der Waals surface area contributed by atoms with Crippen LogP contribution in [-0.2, 0) is 16.1 Å². The molecule has 0 spiro atoms. The highest BCUT2D eigenvalue weighted by Crippen LogP contribution is 2.19. The number of amides is 2. The van der Waals surface area contributed by atoms with Gasteiger partial charge in [-0.2, -0.15) is 13.2 Å². The van der Waals surface area contributed by atoms with E-state index in [0.717, 1.165) is 25.2 Å². The zero-order valence-electron chi connectivity index (χ0n) is 17.5. The van der Waals surface area contributed by atoms with Crippen molar-refractivity contribution in [2.75, 3.05) is 44.6 Å². The summed E-state index contributed by atoms with van der Waals surface area (Å²) in [4.78, 5) is 27.0. The second-order valence-corrected chi connectivity index (χ2v) is 8.14. The molecular formula is C20H29F3N4O3. The number of ether oxygens (including phenoxy) is 1. The third-order valence-corrected chi connectivity index (χ3v) is 4.40. The molecular weight excluding hydrogens is 401 g/mol. The van der Waals surface area contributed by atoms with E-state index in [2.05, 4.69) is 10.2 Å². The maximum atomic E-state index is 12.3. The van der Waals surface area contributed by atoms with Crippen molar-refractivity contribution in [3.63, 3.8) is 0 Å². The molecule has 0 aromatic heterocycles. The van der Waals surface area contributed by atoms with E-state index in [1.54, 1.807) is 17.0 Å². The molecule has 1 heterocycles.